The summed E-state index contributed by atoms with van der Waals surface area (Å²) in [7, 11) is 0. The number of hydrogen-bond acceptors (Lipinski definition) is 5. The van der Waals surface area contributed by atoms with Crippen LogP contribution in [0.15, 0.2) is 30.3 Å². The monoisotopic (exact) mass is 330 g/mol. The largest absolute Gasteiger partial charge is 0.461 e. The van der Waals surface area contributed by atoms with E-state index < -0.39 is 0 Å². The molecule has 0 saturated carbocycles. The number of rotatable bonds is 4. The summed E-state index contributed by atoms with van der Waals surface area (Å²) in [6.45, 7) is 2.05. The van der Waals surface area contributed by atoms with Crippen molar-refractivity contribution in [2.24, 2.45) is 5.92 Å². The van der Waals surface area contributed by atoms with Gasteiger partial charge < -0.3 is 4.74 Å². The molecule has 0 radical (unpaired) electrons. The molecular weight excluding hydrogens is 308 g/mol. The van der Waals surface area contributed by atoms with E-state index in [0.717, 1.165) is 5.56 Å². The lowest BCUT2D eigenvalue weighted by atomic mass is 9.97. The van der Waals surface area contributed by atoms with Crippen LogP contribution in [0.3, 0.4) is 0 Å². The molecule has 0 bridgehead atoms. The van der Waals surface area contributed by atoms with Crippen LogP contribution in [0.4, 0.5) is 0 Å². The lowest BCUT2D eigenvalue weighted by molar-refractivity contribution is -0.162. The van der Waals surface area contributed by atoms with Crippen molar-refractivity contribution in [3.63, 3.8) is 0 Å². The highest BCUT2D eigenvalue weighted by Gasteiger charge is 2.33. The van der Waals surface area contributed by atoms with Gasteiger partial charge in [-0.05, 0) is 18.4 Å². The van der Waals surface area contributed by atoms with Crippen molar-refractivity contribution >= 4 is 17.7 Å². The van der Waals surface area contributed by atoms with Crippen molar-refractivity contribution in [3.8, 4) is 0 Å². The van der Waals surface area contributed by atoms with E-state index in [1.165, 1.54) is 0 Å². The molecule has 1 amide bonds. The Kier molecular flexibility index (Phi) is 5.25. The summed E-state index contributed by atoms with van der Waals surface area (Å²) < 4.78 is 5.40. The zero-order valence-electron chi connectivity index (χ0n) is 13.6. The average molecular weight is 330 g/mol. The highest BCUT2D eigenvalue weighted by atomic mass is 16.5. The molecule has 128 valence electrons. The number of carbonyl (C=O) groups is 3. The Morgan fingerprint density at radius 2 is 1.79 bits per heavy atom. The minimum Gasteiger partial charge on any atom is -0.461 e. The zero-order valence-corrected chi connectivity index (χ0v) is 13.6. The molecule has 1 aromatic carbocycles. The van der Waals surface area contributed by atoms with E-state index in [0.29, 0.717) is 45.5 Å². The fourth-order valence-corrected chi connectivity index (χ4v) is 3.19. The summed E-state index contributed by atoms with van der Waals surface area (Å²) >= 11 is 0. The van der Waals surface area contributed by atoms with Crippen LogP contribution in [-0.4, -0.2) is 47.3 Å². The molecule has 2 heterocycles. The summed E-state index contributed by atoms with van der Waals surface area (Å²) in [5.41, 5.74) is 0.979. The molecule has 0 aromatic heterocycles. The minimum absolute atomic E-state index is 0.000947. The van der Waals surface area contributed by atoms with E-state index in [1.54, 1.807) is 5.01 Å². The van der Waals surface area contributed by atoms with Gasteiger partial charge in [-0.25, -0.2) is 5.01 Å². The summed E-state index contributed by atoms with van der Waals surface area (Å²) in [5, 5.41) is 3.64. The smallest absolute Gasteiger partial charge is 0.309 e. The molecule has 1 aromatic rings. The first kappa shape index (κ1) is 16.6. The van der Waals surface area contributed by atoms with Crippen LogP contribution in [-0.2, 0) is 25.7 Å². The van der Waals surface area contributed by atoms with Gasteiger partial charge in [-0.15, -0.1) is 0 Å². The van der Waals surface area contributed by atoms with Crippen LogP contribution < -0.4 is 0 Å². The maximum absolute atomic E-state index is 12.2. The van der Waals surface area contributed by atoms with Crippen LogP contribution >= 0.6 is 0 Å². The van der Waals surface area contributed by atoms with E-state index in [9.17, 15) is 14.4 Å². The van der Waals surface area contributed by atoms with E-state index in [1.807, 2.05) is 35.3 Å². The molecule has 2 aliphatic heterocycles. The van der Waals surface area contributed by atoms with Gasteiger partial charge >= 0.3 is 5.97 Å². The van der Waals surface area contributed by atoms with Crippen LogP contribution in [0, 0.1) is 5.92 Å². The van der Waals surface area contributed by atoms with Crippen LogP contribution in [0.5, 0.6) is 0 Å². The zero-order chi connectivity index (χ0) is 16.9. The topological polar surface area (TPSA) is 66.9 Å². The van der Waals surface area contributed by atoms with Gasteiger partial charge in [0, 0.05) is 26.1 Å². The van der Waals surface area contributed by atoms with E-state index in [-0.39, 0.29) is 30.0 Å². The van der Waals surface area contributed by atoms with Crippen LogP contribution in [0.25, 0.3) is 0 Å². The van der Waals surface area contributed by atoms with Gasteiger partial charge in [0.1, 0.15) is 12.4 Å². The second-order valence-corrected chi connectivity index (χ2v) is 6.30. The number of hydrazine groups is 1. The fraction of sp³-hybridized carbons (Fsp3) is 0.500. The van der Waals surface area contributed by atoms with E-state index >= 15 is 0 Å². The summed E-state index contributed by atoms with van der Waals surface area (Å²) in [6.07, 6.45) is 1.76. The number of esters is 1. The van der Waals surface area contributed by atoms with Crippen LogP contribution in [0.2, 0.25) is 0 Å². The Hall–Kier alpha value is -2.21. The van der Waals surface area contributed by atoms with Gasteiger partial charge in [-0.1, -0.05) is 30.3 Å². The molecule has 0 spiro atoms. The first-order chi connectivity index (χ1) is 11.6. The maximum atomic E-state index is 12.2. The number of carbonyl (C=O) groups excluding carboxylic acids is 3. The number of Topliss-reactive ketones (excluding diaryl/α,β-unsaturated/α-hetero) is 1. The number of benzene rings is 1. The second-order valence-electron chi connectivity index (χ2n) is 6.30. The standard InChI is InChI=1S/C18H22N2O4/c21-16-8-11-20(17(22)12-16)19-9-6-15(7-10-19)18(23)24-13-14-4-2-1-3-5-14/h1-5,15H,6-13H2. The molecule has 0 N–H and O–H groups in total. The second kappa shape index (κ2) is 7.57. The van der Waals surface area contributed by atoms with Gasteiger partial charge in [-0.2, -0.15) is 0 Å². The van der Waals surface area contributed by atoms with Crippen molar-refractivity contribution in [1.82, 2.24) is 10.0 Å². The quantitative estimate of drug-likeness (QED) is 0.619. The number of ketones is 1. The number of nitrogens with zero attached hydrogens (tertiary/aromatic N) is 2. The number of hydrogen-bond donors (Lipinski definition) is 0. The molecule has 2 saturated heterocycles. The van der Waals surface area contributed by atoms with Gasteiger partial charge in [0.25, 0.3) is 0 Å². The molecule has 3 rings (SSSR count). The SMILES string of the molecule is O=C1CCN(N2CCC(C(=O)OCc3ccccc3)CC2)C(=O)C1. The average Bonchev–Trinajstić information content (AvgIpc) is 2.61. The first-order valence-electron chi connectivity index (χ1n) is 8.41. The van der Waals surface area contributed by atoms with Gasteiger partial charge in [-0.3, -0.25) is 19.4 Å². The molecule has 24 heavy (non-hydrogen) atoms. The lowest BCUT2D eigenvalue weighted by Crippen LogP contribution is -2.53. The Morgan fingerprint density at radius 3 is 2.46 bits per heavy atom. The molecule has 6 heteroatoms. The van der Waals surface area contributed by atoms with Crippen molar-refractivity contribution < 1.29 is 19.1 Å². The molecule has 2 fully saturated rings. The maximum Gasteiger partial charge on any atom is 0.309 e. The number of ether oxygens (including phenoxy) is 1. The molecular formula is C18H22N2O4. The molecule has 0 unspecified atom stereocenters. The summed E-state index contributed by atoms with van der Waals surface area (Å²) in [5.74, 6) is -0.405. The van der Waals surface area contributed by atoms with Gasteiger partial charge in [0.2, 0.25) is 5.91 Å². The predicted molar refractivity (Wildman–Crippen MR) is 86.5 cm³/mol. The Bertz CT molecular complexity index is 609. The lowest BCUT2D eigenvalue weighted by Gasteiger charge is -2.40. The third-order valence-electron chi connectivity index (χ3n) is 4.61. The summed E-state index contributed by atoms with van der Waals surface area (Å²) in [6, 6.07) is 9.62. The third kappa shape index (κ3) is 4.00. The Labute approximate surface area is 141 Å². The Morgan fingerprint density at radius 1 is 1.08 bits per heavy atom. The third-order valence-corrected chi connectivity index (χ3v) is 4.61. The van der Waals surface area contributed by atoms with Crippen molar-refractivity contribution in [2.45, 2.75) is 32.3 Å². The number of piperidine rings is 2. The van der Waals surface area contributed by atoms with Crippen molar-refractivity contribution in [3.05, 3.63) is 35.9 Å². The molecule has 2 aliphatic rings. The molecule has 6 nitrogen and oxygen atoms in total. The predicted octanol–water partition coefficient (Wildman–Crippen LogP) is 1.55. The van der Waals surface area contributed by atoms with E-state index in [4.69, 9.17) is 4.74 Å². The molecule has 0 atom stereocenters. The minimum atomic E-state index is -0.168. The highest BCUT2D eigenvalue weighted by Crippen LogP contribution is 2.22. The highest BCUT2D eigenvalue weighted by molar-refractivity contribution is 6.00. The van der Waals surface area contributed by atoms with Crippen molar-refractivity contribution in [2.75, 3.05) is 19.6 Å². The number of amides is 1. The van der Waals surface area contributed by atoms with Gasteiger partial charge in [0.05, 0.1) is 12.3 Å². The normalized spacial score (nSPS) is 20.2. The molecule has 0 aliphatic carbocycles. The Balaban J connectivity index is 1.45. The van der Waals surface area contributed by atoms with Crippen molar-refractivity contribution in [1.29, 1.82) is 0 Å². The van der Waals surface area contributed by atoms with E-state index in [2.05, 4.69) is 0 Å². The fourth-order valence-electron chi connectivity index (χ4n) is 3.19. The summed E-state index contributed by atoms with van der Waals surface area (Å²) in [4.78, 5) is 35.5. The van der Waals surface area contributed by atoms with Crippen LogP contribution in [0.1, 0.15) is 31.2 Å². The first-order valence-corrected chi connectivity index (χ1v) is 8.41. The van der Waals surface area contributed by atoms with Gasteiger partial charge in [0.15, 0.2) is 0 Å².